The van der Waals surface area contributed by atoms with Crippen molar-refractivity contribution in [1.82, 2.24) is 4.90 Å². The lowest BCUT2D eigenvalue weighted by Gasteiger charge is -2.11. The Balaban J connectivity index is 1.89. The molecular weight excluding hydrogens is 324 g/mol. The second kappa shape index (κ2) is 8.40. The molecular formula is C18H20N2O3S. The molecule has 2 amide bonds. The SMILES string of the molecule is COc1cccc(SCC(=O)Nc2ccc(C(=O)N(C)C)cc2)c1. The van der Waals surface area contributed by atoms with Gasteiger partial charge >= 0.3 is 0 Å². The Kier molecular flexibility index (Phi) is 6.26. The van der Waals surface area contributed by atoms with Crippen molar-refractivity contribution >= 4 is 29.3 Å². The van der Waals surface area contributed by atoms with Gasteiger partial charge in [0.25, 0.3) is 5.91 Å². The van der Waals surface area contributed by atoms with Gasteiger partial charge in [0.1, 0.15) is 5.75 Å². The van der Waals surface area contributed by atoms with Crippen LogP contribution in [0.2, 0.25) is 0 Å². The summed E-state index contributed by atoms with van der Waals surface area (Å²) in [6, 6.07) is 14.4. The molecule has 0 aromatic heterocycles. The third kappa shape index (κ3) is 5.03. The van der Waals surface area contributed by atoms with Crippen LogP contribution in [0.4, 0.5) is 5.69 Å². The lowest BCUT2D eigenvalue weighted by molar-refractivity contribution is -0.113. The van der Waals surface area contributed by atoms with E-state index in [9.17, 15) is 9.59 Å². The number of amides is 2. The van der Waals surface area contributed by atoms with Gasteiger partial charge in [-0.3, -0.25) is 9.59 Å². The van der Waals surface area contributed by atoms with Crippen LogP contribution >= 0.6 is 11.8 Å². The van der Waals surface area contributed by atoms with Crippen molar-refractivity contribution in [1.29, 1.82) is 0 Å². The number of nitrogens with one attached hydrogen (secondary N) is 1. The number of rotatable bonds is 6. The molecule has 6 heteroatoms. The van der Waals surface area contributed by atoms with Crippen LogP contribution in [0.1, 0.15) is 10.4 Å². The van der Waals surface area contributed by atoms with Crippen molar-refractivity contribution in [2.75, 3.05) is 32.3 Å². The number of anilines is 1. The lowest BCUT2D eigenvalue weighted by Crippen LogP contribution is -2.21. The first-order valence-corrected chi connectivity index (χ1v) is 8.36. The molecule has 0 radical (unpaired) electrons. The van der Waals surface area contributed by atoms with Crippen LogP contribution in [0, 0.1) is 0 Å². The normalized spacial score (nSPS) is 10.1. The number of hydrogen-bond donors (Lipinski definition) is 1. The number of nitrogens with zero attached hydrogens (tertiary/aromatic N) is 1. The minimum absolute atomic E-state index is 0.0681. The number of hydrogen-bond acceptors (Lipinski definition) is 4. The average Bonchev–Trinajstić information content (AvgIpc) is 2.60. The summed E-state index contributed by atoms with van der Waals surface area (Å²) in [6.07, 6.45) is 0. The van der Waals surface area contributed by atoms with E-state index in [0.29, 0.717) is 17.0 Å². The zero-order valence-electron chi connectivity index (χ0n) is 13.9. The zero-order valence-corrected chi connectivity index (χ0v) is 14.7. The van der Waals surface area contributed by atoms with Gasteiger partial charge in [-0.05, 0) is 42.5 Å². The van der Waals surface area contributed by atoms with Gasteiger partial charge in [-0.1, -0.05) is 6.07 Å². The molecule has 0 aliphatic carbocycles. The molecule has 0 unspecified atom stereocenters. The summed E-state index contributed by atoms with van der Waals surface area (Å²) in [5.74, 6) is 0.892. The largest absolute Gasteiger partial charge is 0.497 e. The predicted octanol–water partition coefficient (Wildman–Crippen LogP) is 3.13. The lowest BCUT2D eigenvalue weighted by atomic mass is 10.2. The Morgan fingerprint density at radius 1 is 1.12 bits per heavy atom. The molecule has 0 saturated carbocycles. The van der Waals surface area contributed by atoms with Gasteiger partial charge in [0.2, 0.25) is 5.91 Å². The fourth-order valence-corrected chi connectivity index (χ4v) is 2.74. The summed E-state index contributed by atoms with van der Waals surface area (Å²) >= 11 is 1.44. The van der Waals surface area contributed by atoms with Gasteiger partial charge in [-0.15, -0.1) is 11.8 Å². The van der Waals surface area contributed by atoms with E-state index in [1.807, 2.05) is 24.3 Å². The number of benzene rings is 2. The first-order valence-electron chi connectivity index (χ1n) is 7.38. The van der Waals surface area contributed by atoms with Crippen molar-refractivity contribution in [2.45, 2.75) is 4.90 Å². The maximum atomic E-state index is 12.0. The molecule has 2 rings (SSSR count). The van der Waals surface area contributed by atoms with Crippen LogP contribution in [-0.4, -0.2) is 43.7 Å². The van der Waals surface area contributed by atoms with Crippen molar-refractivity contribution in [3.05, 3.63) is 54.1 Å². The van der Waals surface area contributed by atoms with Crippen LogP contribution in [0.15, 0.2) is 53.4 Å². The molecule has 0 aliphatic heterocycles. The first-order chi connectivity index (χ1) is 11.5. The summed E-state index contributed by atoms with van der Waals surface area (Å²) in [5.41, 5.74) is 1.25. The van der Waals surface area contributed by atoms with E-state index in [4.69, 9.17) is 4.74 Å². The van der Waals surface area contributed by atoms with Gasteiger partial charge in [0.15, 0.2) is 0 Å². The molecule has 126 valence electrons. The second-order valence-electron chi connectivity index (χ2n) is 5.29. The number of methoxy groups -OCH3 is 1. The van der Waals surface area contributed by atoms with Gasteiger partial charge in [-0.25, -0.2) is 0 Å². The first kappa shape index (κ1) is 17.9. The van der Waals surface area contributed by atoms with E-state index in [1.165, 1.54) is 16.7 Å². The van der Waals surface area contributed by atoms with E-state index in [1.54, 1.807) is 45.5 Å². The van der Waals surface area contributed by atoms with Crippen molar-refractivity contribution in [3.8, 4) is 5.75 Å². The Morgan fingerprint density at radius 3 is 2.46 bits per heavy atom. The molecule has 0 heterocycles. The van der Waals surface area contributed by atoms with E-state index >= 15 is 0 Å². The Hall–Kier alpha value is -2.47. The highest BCUT2D eigenvalue weighted by atomic mass is 32.2. The predicted molar refractivity (Wildman–Crippen MR) is 96.8 cm³/mol. The molecule has 2 aromatic carbocycles. The van der Waals surface area contributed by atoms with Crippen LogP contribution < -0.4 is 10.1 Å². The van der Waals surface area contributed by atoms with Crippen LogP contribution in [-0.2, 0) is 4.79 Å². The molecule has 24 heavy (non-hydrogen) atoms. The molecule has 1 N–H and O–H groups in total. The summed E-state index contributed by atoms with van der Waals surface area (Å²) in [5, 5.41) is 2.82. The fourth-order valence-electron chi connectivity index (χ4n) is 1.99. The number of carbonyl (C=O) groups is 2. The maximum Gasteiger partial charge on any atom is 0.253 e. The zero-order chi connectivity index (χ0) is 17.5. The Labute approximate surface area is 146 Å². The molecule has 0 aliphatic rings. The number of ether oxygens (including phenoxy) is 1. The third-order valence-corrected chi connectivity index (χ3v) is 4.23. The Bertz CT molecular complexity index is 714. The highest BCUT2D eigenvalue weighted by Gasteiger charge is 2.08. The third-order valence-electron chi connectivity index (χ3n) is 3.23. The van der Waals surface area contributed by atoms with E-state index in [0.717, 1.165) is 10.6 Å². The van der Waals surface area contributed by atoms with Gasteiger partial charge in [0, 0.05) is 30.2 Å². The van der Waals surface area contributed by atoms with E-state index in [2.05, 4.69) is 5.32 Å². The molecule has 0 saturated heterocycles. The van der Waals surface area contributed by atoms with E-state index in [-0.39, 0.29) is 11.8 Å². The standard InChI is InChI=1S/C18H20N2O3S/c1-20(2)18(22)13-7-9-14(10-8-13)19-17(21)12-24-16-6-4-5-15(11-16)23-3/h4-11H,12H2,1-3H3,(H,19,21). The topological polar surface area (TPSA) is 58.6 Å². The van der Waals surface area contributed by atoms with Gasteiger partial charge < -0.3 is 15.0 Å². The molecule has 0 atom stereocenters. The fraction of sp³-hybridized carbons (Fsp3) is 0.222. The highest BCUT2D eigenvalue weighted by molar-refractivity contribution is 8.00. The van der Waals surface area contributed by atoms with Crippen molar-refractivity contribution < 1.29 is 14.3 Å². The van der Waals surface area contributed by atoms with Crippen LogP contribution in [0.25, 0.3) is 0 Å². The van der Waals surface area contributed by atoms with Crippen LogP contribution in [0.5, 0.6) is 5.75 Å². The maximum absolute atomic E-state index is 12.0. The molecule has 0 spiro atoms. The molecule has 2 aromatic rings. The summed E-state index contributed by atoms with van der Waals surface area (Å²) in [7, 11) is 5.02. The minimum atomic E-state index is -0.102. The Morgan fingerprint density at radius 2 is 1.83 bits per heavy atom. The van der Waals surface area contributed by atoms with Gasteiger partial charge in [-0.2, -0.15) is 0 Å². The van der Waals surface area contributed by atoms with Crippen molar-refractivity contribution in [2.24, 2.45) is 0 Å². The number of thioether (sulfide) groups is 1. The van der Waals surface area contributed by atoms with Crippen LogP contribution in [0.3, 0.4) is 0 Å². The van der Waals surface area contributed by atoms with E-state index < -0.39 is 0 Å². The smallest absolute Gasteiger partial charge is 0.253 e. The average molecular weight is 344 g/mol. The molecule has 0 fully saturated rings. The summed E-state index contributed by atoms with van der Waals surface area (Å²) < 4.78 is 5.16. The summed E-state index contributed by atoms with van der Waals surface area (Å²) in [4.78, 5) is 26.3. The monoisotopic (exact) mass is 344 g/mol. The molecule has 0 bridgehead atoms. The number of carbonyl (C=O) groups excluding carboxylic acids is 2. The minimum Gasteiger partial charge on any atom is -0.497 e. The quantitative estimate of drug-likeness (QED) is 0.818. The second-order valence-corrected chi connectivity index (χ2v) is 6.34. The molecule has 5 nitrogen and oxygen atoms in total. The van der Waals surface area contributed by atoms with Gasteiger partial charge in [0.05, 0.1) is 12.9 Å². The van der Waals surface area contributed by atoms with Crippen molar-refractivity contribution in [3.63, 3.8) is 0 Å². The summed E-state index contributed by atoms with van der Waals surface area (Å²) in [6.45, 7) is 0. The highest BCUT2D eigenvalue weighted by Crippen LogP contribution is 2.23.